The van der Waals surface area contributed by atoms with Crippen molar-refractivity contribution < 1.29 is 14.7 Å². The highest BCUT2D eigenvalue weighted by molar-refractivity contribution is 6.04. The number of hydrogen-bond acceptors (Lipinski definition) is 10. The molecule has 2 aliphatic heterocycles. The fourth-order valence-electron chi connectivity index (χ4n) is 5.06. The molecule has 0 bridgehead atoms. The molecule has 0 saturated carbocycles. The van der Waals surface area contributed by atoms with Crippen LogP contribution in [-0.4, -0.2) is 82.9 Å². The molecule has 206 valence electrons. The number of aromatic nitrogens is 2. The molecular formula is C27H35N9O3. The molecule has 2 aliphatic rings. The number of piperidine rings is 1. The van der Waals surface area contributed by atoms with E-state index in [0.717, 1.165) is 24.7 Å². The topological polar surface area (TPSA) is 176 Å². The zero-order valence-corrected chi connectivity index (χ0v) is 22.4. The number of nitrogens with two attached hydrogens (primary N) is 1. The van der Waals surface area contributed by atoms with E-state index in [-0.39, 0.29) is 17.1 Å². The first-order valence-corrected chi connectivity index (χ1v) is 13.1. The highest BCUT2D eigenvalue weighted by atomic mass is 16.4. The van der Waals surface area contributed by atoms with Gasteiger partial charge in [0.25, 0.3) is 5.91 Å². The van der Waals surface area contributed by atoms with Crippen LogP contribution in [0.3, 0.4) is 0 Å². The van der Waals surface area contributed by atoms with E-state index in [4.69, 9.17) is 16.4 Å². The lowest BCUT2D eigenvalue weighted by Gasteiger charge is -2.42. The molecule has 0 unspecified atom stereocenters. The number of nitrogens with zero attached hydrogens (tertiary/aromatic N) is 6. The van der Waals surface area contributed by atoms with Crippen LogP contribution in [0.2, 0.25) is 0 Å². The number of benzene rings is 1. The van der Waals surface area contributed by atoms with Crippen molar-refractivity contribution in [3.05, 3.63) is 35.5 Å². The zero-order chi connectivity index (χ0) is 28.2. The molecule has 12 heteroatoms. The molecule has 1 aromatic carbocycles. The van der Waals surface area contributed by atoms with Gasteiger partial charge in [0.2, 0.25) is 5.95 Å². The maximum atomic E-state index is 12.3. The van der Waals surface area contributed by atoms with E-state index in [1.165, 1.54) is 0 Å². The smallest absolute Gasteiger partial charge is 0.323 e. The predicted octanol–water partition coefficient (Wildman–Crippen LogP) is 2.43. The minimum absolute atomic E-state index is 0.0503. The monoisotopic (exact) mass is 533 g/mol. The van der Waals surface area contributed by atoms with E-state index >= 15 is 0 Å². The largest absolute Gasteiger partial charge is 0.480 e. The Morgan fingerprint density at radius 3 is 2.31 bits per heavy atom. The first kappa shape index (κ1) is 27.8. The molecular weight excluding hydrogens is 498 g/mol. The second-order valence-corrected chi connectivity index (χ2v) is 10.4. The number of carboxylic acids is 1. The summed E-state index contributed by atoms with van der Waals surface area (Å²) in [5, 5.41) is 29.5. The van der Waals surface area contributed by atoms with Gasteiger partial charge in [-0.2, -0.15) is 10.2 Å². The number of carboxylic acid groups (broad SMARTS) is 1. The van der Waals surface area contributed by atoms with Crippen molar-refractivity contribution in [3.63, 3.8) is 0 Å². The number of rotatable bonds is 9. The van der Waals surface area contributed by atoms with Gasteiger partial charge in [-0.1, -0.05) is 0 Å². The van der Waals surface area contributed by atoms with Crippen molar-refractivity contribution in [3.8, 4) is 6.07 Å². The number of piperazine rings is 1. The number of carbonyl (C=O) groups excluding carboxylic acids is 1. The maximum Gasteiger partial charge on any atom is 0.323 e. The van der Waals surface area contributed by atoms with Crippen LogP contribution >= 0.6 is 0 Å². The number of nitriles is 1. The van der Waals surface area contributed by atoms with Crippen LogP contribution in [0.1, 0.15) is 49.2 Å². The molecule has 2 fully saturated rings. The molecule has 1 aromatic heterocycles. The van der Waals surface area contributed by atoms with Gasteiger partial charge >= 0.3 is 5.97 Å². The van der Waals surface area contributed by atoms with E-state index in [2.05, 4.69) is 26.3 Å². The lowest BCUT2D eigenvalue weighted by Crippen LogP contribution is -2.58. The summed E-state index contributed by atoms with van der Waals surface area (Å²) in [5.74, 6) is -0.558. The van der Waals surface area contributed by atoms with Crippen molar-refractivity contribution in [2.45, 2.75) is 38.6 Å². The molecule has 12 nitrogen and oxygen atoms in total. The molecule has 39 heavy (non-hydrogen) atoms. The van der Waals surface area contributed by atoms with E-state index < -0.39 is 17.4 Å². The van der Waals surface area contributed by atoms with Crippen LogP contribution in [0.4, 0.5) is 23.1 Å². The third-order valence-electron chi connectivity index (χ3n) is 7.67. The second kappa shape index (κ2) is 11.7. The van der Waals surface area contributed by atoms with E-state index in [1.807, 2.05) is 34.1 Å². The van der Waals surface area contributed by atoms with Gasteiger partial charge in [-0.25, -0.2) is 4.98 Å². The number of amides is 1. The predicted molar refractivity (Wildman–Crippen MR) is 149 cm³/mol. The Labute approximate surface area is 227 Å². The quantitative estimate of drug-likeness (QED) is 0.350. The Bertz CT molecular complexity index is 1260. The van der Waals surface area contributed by atoms with Crippen molar-refractivity contribution >= 4 is 41.2 Å². The van der Waals surface area contributed by atoms with Crippen LogP contribution in [0.5, 0.6) is 0 Å². The molecule has 1 amide bonds. The Morgan fingerprint density at radius 1 is 1.13 bits per heavy atom. The van der Waals surface area contributed by atoms with Crippen molar-refractivity contribution in [1.82, 2.24) is 14.9 Å². The number of aliphatic carboxylic acids is 1. The standard InChI is InChI=1S/C27H35N9O3/c1-27(2,25(38)39)36-15-13-34(14-16-36)20-5-3-19(4-6-20)31-24-22(23(30)37)21(17-29)32-26(33-24)35-11-8-18(7-10-28)9-12-35/h3-6,17-18,29H,7-9,11-16H2,1-2H3,(H2,30,37)(H,38,39)(H,31,32,33). The summed E-state index contributed by atoms with van der Waals surface area (Å²) in [6.45, 7) is 7.53. The number of primary amides is 1. The molecule has 0 aliphatic carbocycles. The summed E-state index contributed by atoms with van der Waals surface area (Å²) in [6, 6.07) is 9.92. The van der Waals surface area contributed by atoms with Crippen LogP contribution < -0.4 is 20.9 Å². The van der Waals surface area contributed by atoms with Crippen LogP contribution in [-0.2, 0) is 4.79 Å². The Hall–Kier alpha value is -4.24. The second-order valence-electron chi connectivity index (χ2n) is 10.4. The highest BCUT2D eigenvalue weighted by Gasteiger charge is 2.36. The zero-order valence-electron chi connectivity index (χ0n) is 22.4. The first-order chi connectivity index (χ1) is 18.6. The van der Waals surface area contributed by atoms with Crippen LogP contribution in [0.25, 0.3) is 0 Å². The van der Waals surface area contributed by atoms with E-state index in [9.17, 15) is 14.7 Å². The maximum absolute atomic E-state index is 12.3. The van der Waals surface area contributed by atoms with Gasteiger partial charge in [0.1, 0.15) is 22.6 Å². The van der Waals surface area contributed by atoms with E-state index in [1.54, 1.807) is 13.8 Å². The molecule has 2 saturated heterocycles. The number of hydrogen-bond donors (Lipinski definition) is 4. The summed E-state index contributed by atoms with van der Waals surface area (Å²) < 4.78 is 0. The van der Waals surface area contributed by atoms with Gasteiger partial charge in [0.05, 0.1) is 6.07 Å². The average Bonchev–Trinajstić information content (AvgIpc) is 2.93. The van der Waals surface area contributed by atoms with Gasteiger partial charge in [0, 0.05) is 63.3 Å². The number of nitrogens with one attached hydrogen (secondary N) is 2. The number of carbonyl (C=O) groups is 2. The van der Waals surface area contributed by atoms with Gasteiger partial charge in [-0.15, -0.1) is 0 Å². The fourth-order valence-corrected chi connectivity index (χ4v) is 5.06. The van der Waals surface area contributed by atoms with E-state index in [0.29, 0.717) is 63.2 Å². The van der Waals surface area contributed by atoms with Gasteiger partial charge in [-0.05, 0) is 56.9 Å². The number of anilines is 4. The first-order valence-electron chi connectivity index (χ1n) is 13.1. The minimum Gasteiger partial charge on any atom is -0.480 e. The SMILES string of the molecule is CC(C)(C(=O)O)N1CCN(c2ccc(Nc3nc(N4CCC(CC#N)CC4)nc(C=N)c3C(N)=O)cc2)CC1. The van der Waals surface area contributed by atoms with Crippen LogP contribution in [0, 0.1) is 22.7 Å². The molecule has 3 heterocycles. The summed E-state index contributed by atoms with van der Waals surface area (Å²) in [4.78, 5) is 39.1. The molecule has 4 rings (SSSR count). The molecule has 5 N–H and O–H groups in total. The Morgan fingerprint density at radius 2 is 1.77 bits per heavy atom. The third kappa shape index (κ3) is 6.09. The van der Waals surface area contributed by atoms with Gasteiger partial charge < -0.3 is 31.4 Å². The van der Waals surface area contributed by atoms with Gasteiger partial charge in [-0.3, -0.25) is 14.5 Å². The average molecular weight is 534 g/mol. The summed E-state index contributed by atoms with van der Waals surface area (Å²) in [6.07, 6.45) is 3.23. The molecule has 2 aromatic rings. The highest BCUT2D eigenvalue weighted by Crippen LogP contribution is 2.29. The van der Waals surface area contributed by atoms with Crippen molar-refractivity contribution in [2.24, 2.45) is 11.7 Å². The Kier molecular flexibility index (Phi) is 8.30. The van der Waals surface area contributed by atoms with Crippen molar-refractivity contribution in [1.29, 1.82) is 10.7 Å². The summed E-state index contributed by atoms with van der Waals surface area (Å²) in [7, 11) is 0. The van der Waals surface area contributed by atoms with Crippen LogP contribution in [0.15, 0.2) is 24.3 Å². The lowest BCUT2D eigenvalue weighted by molar-refractivity contribution is -0.149. The summed E-state index contributed by atoms with van der Waals surface area (Å²) in [5.41, 5.74) is 6.64. The normalized spacial score (nSPS) is 16.9. The molecule has 0 radical (unpaired) electrons. The minimum atomic E-state index is -0.906. The summed E-state index contributed by atoms with van der Waals surface area (Å²) >= 11 is 0. The van der Waals surface area contributed by atoms with Crippen molar-refractivity contribution in [2.75, 3.05) is 54.4 Å². The molecule has 0 atom stereocenters. The third-order valence-corrected chi connectivity index (χ3v) is 7.67. The lowest BCUT2D eigenvalue weighted by atomic mass is 9.94. The van der Waals surface area contributed by atoms with Gasteiger partial charge in [0.15, 0.2) is 0 Å². The Balaban J connectivity index is 1.50. The fraction of sp³-hybridized carbons (Fsp3) is 0.481. The molecule has 0 spiro atoms.